The number of hydrogen-bond donors (Lipinski definition) is 3. The van der Waals surface area contributed by atoms with Gasteiger partial charge in [0.15, 0.2) is 11.9 Å². The van der Waals surface area contributed by atoms with E-state index in [0.29, 0.717) is 46.2 Å². The Morgan fingerprint density at radius 1 is 0.865 bits per heavy atom. The predicted octanol–water partition coefficient (Wildman–Crippen LogP) is 5.98. The first-order valence-corrected chi connectivity index (χ1v) is 15.7. The highest BCUT2D eigenvalue weighted by atomic mass is 19.1. The maximum atomic E-state index is 13.1. The predicted molar refractivity (Wildman–Crippen MR) is 188 cm³/mol. The molecule has 0 saturated carbocycles. The molecule has 3 heterocycles. The van der Waals surface area contributed by atoms with Crippen LogP contribution in [0.15, 0.2) is 94.9 Å². The minimum Gasteiger partial charge on any atom is -0.479 e. The molecule has 268 valence electrons. The van der Waals surface area contributed by atoms with Crippen molar-refractivity contribution in [2.45, 2.75) is 38.9 Å². The number of carboxylic acid groups (broad SMARTS) is 1. The maximum absolute atomic E-state index is 13.1. The number of ether oxygens (including phenoxy) is 2. The summed E-state index contributed by atoms with van der Waals surface area (Å²) in [5.74, 6) is 10.7. The first-order chi connectivity index (χ1) is 25.1. The van der Waals surface area contributed by atoms with E-state index in [9.17, 15) is 13.6 Å². The number of halogens is 2. The van der Waals surface area contributed by atoms with E-state index >= 15 is 0 Å². The van der Waals surface area contributed by atoms with Crippen LogP contribution in [-0.4, -0.2) is 62.6 Å². The Bertz CT molecular complexity index is 2040. The fourth-order valence-electron chi connectivity index (χ4n) is 4.05. The molecular formula is C38H36F2N6O6. The minimum absolute atomic E-state index is 0.0165. The van der Waals surface area contributed by atoms with Crippen LogP contribution >= 0.6 is 0 Å². The van der Waals surface area contributed by atoms with Crippen molar-refractivity contribution in [1.82, 2.24) is 20.1 Å². The number of hydrogen-bond acceptors (Lipinski definition) is 10. The lowest BCUT2D eigenvalue weighted by atomic mass is 10.2. The molecule has 0 radical (unpaired) electrons. The lowest BCUT2D eigenvalue weighted by molar-refractivity contribution is -0.148. The number of nitrogens with zero attached hydrogens (tertiary/aromatic N) is 5. The summed E-state index contributed by atoms with van der Waals surface area (Å²) in [4.78, 5) is 22.7. The van der Waals surface area contributed by atoms with Crippen LogP contribution in [0.5, 0.6) is 0 Å². The molecule has 0 saturated heterocycles. The van der Waals surface area contributed by atoms with Gasteiger partial charge in [-0.2, -0.15) is 4.98 Å². The van der Waals surface area contributed by atoms with Crippen molar-refractivity contribution in [3.8, 4) is 35.1 Å². The maximum Gasteiger partial charge on any atom is 0.332 e. The SMILES string of the molecule is CCC(OC)C(=O)O.CCC(OC)c1nc(-c2ccc(C#Cc3cccc(F)c3)nc2)no1.N/C(=N\O)c1ccc(C#Cc2cccc(F)c2)nc1. The fourth-order valence-corrected chi connectivity index (χ4v) is 4.05. The molecule has 0 amide bonds. The monoisotopic (exact) mass is 710 g/mol. The fraction of sp³-hybridized carbons (Fsp3) is 0.211. The van der Waals surface area contributed by atoms with Crippen LogP contribution in [0.1, 0.15) is 66.8 Å². The van der Waals surface area contributed by atoms with E-state index in [4.69, 9.17) is 25.3 Å². The van der Waals surface area contributed by atoms with Gasteiger partial charge in [-0.1, -0.05) is 48.1 Å². The van der Waals surface area contributed by atoms with Crippen LogP contribution in [0.2, 0.25) is 0 Å². The Hall–Kier alpha value is -6.48. The smallest absolute Gasteiger partial charge is 0.332 e. The summed E-state index contributed by atoms with van der Waals surface area (Å²) in [5.41, 5.74) is 8.88. The van der Waals surface area contributed by atoms with Gasteiger partial charge in [-0.15, -0.1) is 0 Å². The molecule has 5 aromatic rings. The van der Waals surface area contributed by atoms with Gasteiger partial charge in [0.05, 0.1) is 0 Å². The largest absolute Gasteiger partial charge is 0.479 e. The summed E-state index contributed by atoms with van der Waals surface area (Å²) in [5, 5.41) is 23.6. The van der Waals surface area contributed by atoms with Gasteiger partial charge in [0.2, 0.25) is 5.82 Å². The second-order valence-corrected chi connectivity index (χ2v) is 10.4. The van der Waals surface area contributed by atoms with E-state index in [1.807, 2.05) is 13.0 Å². The summed E-state index contributed by atoms with van der Waals surface area (Å²) in [6.07, 6.45) is 3.49. The average molecular weight is 711 g/mol. The summed E-state index contributed by atoms with van der Waals surface area (Å²) in [6, 6.07) is 19.0. The quantitative estimate of drug-likeness (QED) is 0.0567. The lowest BCUT2D eigenvalue weighted by Crippen LogP contribution is -2.20. The molecule has 2 unspecified atom stereocenters. The Balaban J connectivity index is 0.000000238. The van der Waals surface area contributed by atoms with Crippen molar-refractivity contribution >= 4 is 11.8 Å². The number of amidine groups is 1. The first-order valence-electron chi connectivity index (χ1n) is 15.7. The Morgan fingerprint density at radius 2 is 1.46 bits per heavy atom. The highest BCUT2D eigenvalue weighted by Crippen LogP contribution is 2.22. The van der Waals surface area contributed by atoms with Crippen molar-refractivity contribution in [2.75, 3.05) is 14.2 Å². The van der Waals surface area contributed by atoms with Gasteiger partial charge in [-0.25, -0.2) is 23.5 Å². The van der Waals surface area contributed by atoms with E-state index in [0.717, 1.165) is 12.0 Å². The number of carbonyl (C=O) groups is 1. The number of nitrogens with two attached hydrogens (primary N) is 1. The second kappa shape index (κ2) is 20.9. The molecule has 14 heteroatoms. The van der Waals surface area contributed by atoms with Gasteiger partial charge in [-0.05, 0) is 85.3 Å². The topological polar surface area (TPSA) is 179 Å². The normalized spacial score (nSPS) is 11.5. The van der Waals surface area contributed by atoms with Crippen molar-refractivity contribution in [3.63, 3.8) is 0 Å². The zero-order valence-corrected chi connectivity index (χ0v) is 28.7. The summed E-state index contributed by atoms with van der Waals surface area (Å²) in [7, 11) is 2.99. The molecule has 4 N–H and O–H groups in total. The first kappa shape index (κ1) is 40.0. The lowest BCUT2D eigenvalue weighted by Gasteiger charge is -2.05. The number of methoxy groups -OCH3 is 2. The van der Waals surface area contributed by atoms with Crippen molar-refractivity contribution in [1.29, 1.82) is 0 Å². The molecule has 0 aliphatic rings. The third kappa shape index (κ3) is 12.8. The van der Waals surface area contributed by atoms with Gasteiger partial charge in [0, 0.05) is 48.9 Å². The zero-order valence-electron chi connectivity index (χ0n) is 28.7. The molecule has 2 atom stereocenters. The summed E-state index contributed by atoms with van der Waals surface area (Å²) < 4.78 is 41.1. The molecule has 52 heavy (non-hydrogen) atoms. The standard InChI is InChI=1S/C19H16FN3O2.C14H10FN3O.C5H10O3/c1-3-17(24-2)19-22-18(23-25-19)14-8-10-16(21-12-14)9-7-13-5-4-6-15(20)11-13;15-12-3-1-2-10(8-12)4-6-13-7-5-11(9-17-13)14(16)18-19;1-3-4(8-2)5(6)7/h4-6,8,10-12,17H,3H2,1-2H3;1-3,5,7-9,19H,(H2,16,18);4H,3H2,1-2H3,(H,6,7). The average Bonchev–Trinajstić information content (AvgIpc) is 3.65. The van der Waals surface area contributed by atoms with Crippen LogP contribution in [-0.2, 0) is 14.3 Å². The van der Waals surface area contributed by atoms with E-state index in [1.54, 1.807) is 62.7 Å². The van der Waals surface area contributed by atoms with Gasteiger partial charge in [0.25, 0.3) is 5.89 Å². The number of benzene rings is 2. The molecule has 0 spiro atoms. The van der Waals surface area contributed by atoms with Gasteiger partial charge >= 0.3 is 5.97 Å². The molecule has 12 nitrogen and oxygen atoms in total. The number of oxime groups is 1. The van der Waals surface area contributed by atoms with Crippen LogP contribution in [0.25, 0.3) is 11.4 Å². The second-order valence-electron chi connectivity index (χ2n) is 10.4. The molecule has 0 aliphatic heterocycles. The molecule has 5 rings (SSSR count). The third-order valence-electron chi connectivity index (χ3n) is 6.81. The summed E-state index contributed by atoms with van der Waals surface area (Å²) in [6.45, 7) is 3.74. The third-order valence-corrected chi connectivity index (χ3v) is 6.81. The molecule has 3 aromatic heterocycles. The minimum atomic E-state index is -0.894. The summed E-state index contributed by atoms with van der Waals surface area (Å²) >= 11 is 0. The molecular weight excluding hydrogens is 674 g/mol. The van der Waals surface area contributed by atoms with Crippen LogP contribution in [0.3, 0.4) is 0 Å². The Kier molecular flexibility index (Phi) is 16.1. The highest BCUT2D eigenvalue weighted by Gasteiger charge is 2.17. The number of aromatic nitrogens is 4. The van der Waals surface area contributed by atoms with Crippen molar-refractivity contribution in [2.24, 2.45) is 10.9 Å². The van der Waals surface area contributed by atoms with Gasteiger partial charge < -0.3 is 30.0 Å². The van der Waals surface area contributed by atoms with Crippen LogP contribution < -0.4 is 5.73 Å². The number of carboxylic acids is 1. The molecule has 0 aliphatic carbocycles. The molecule has 0 fully saturated rings. The number of pyridine rings is 2. The molecule has 2 aromatic carbocycles. The van der Waals surface area contributed by atoms with E-state index in [2.05, 4.69) is 53.7 Å². The van der Waals surface area contributed by atoms with Crippen molar-refractivity contribution in [3.05, 3.63) is 131 Å². The Morgan fingerprint density at radius 3 is 1.87 bits per heavy atom. The van der Waals surface area contributed by atoms with E-state index < -0.39 is 12.1 Å². The Labute approximate surface area is 299 Å². The highest BCUT2D eigenvalue weighted by molar-refractivity contribution is 5.96. The van der Waals surface area contributed by atoms with E-state index in [-0.39, 0.29) is 23.6 Å². The van der Waals surface area contributed by atoms with E-state index in [1.165, 1.54) is 37.6 Å². The van der Waals surface area contributed by atoms with Gasteiger partial charge in [-0.3, -0.25) is 0 Å². The molecule has 0 bridgehead atoms. The van der Waals surface area contributed by atoms with Gasteiger partial charge in [0.1, 0.15) is 29.1 Å². The number of rotatable bonds is 8. The zero-order chi connectivity index (χ0) is 37.9. The van der Waals surface area contributed by atoms with Crippen LogP contribution in [0.4, 0.5) is 8.78 Å². The number of aliphatic carboxylic acids is 1. The van der Waals surface area contributed by atoms with Crippen LogP contribution in [0, 0.1) is 35.3 Å². The van der Waals surface area contributed by atoms with Crippen molar-refractivity contribution < 1.29 is 37.9 Å².